The molecule has 3 nitrogen and oxygen atoms in total. The Bertz CT molecular complexity index is 1090. The number of carbonyl (C=O) groups excluding carboxylic acids is 1. The Morgan fingerprint density at radius 1 is 0.862 bits per heavy atom. The number of rotatable bonds is 2. The van der Waals surface area contributed by atoms with Gasteiger partial charge in [0.2, 0.25) is 0 Å². The second-order valence-corrected chi connectivity index (χ2v) is 8.13. The van der Waals surface area contributed by atoms with Crippen LogP contribution in [0.15, 0.2) is 83.9 Å². The molecule has 3 aromatic carbocycles. The van der Waals surface area contributed by atoms with E-state index < -0.39 is 0 Å². The molecule has 3 aromatic rings. The van der Waals surface area contributed by atoms with Gasteiger partial charge >= 0.3 is 0 Å². The molecule has 2 aliphatic rings. The number of Topliss-reactive ketones (excluding diaryl/α,β-unsaturated/α-hetero) is 1. The van der Waals surface area contributed by atoms with E-state index in [4.69, 9.17) is 16.6 Å². The number of nitrogens with one attached hydrogen (secondary N) is 1. The van der Waals surface area contributed by atoms with E-state index in [0.29, 0.717) is 11.4 Å². The molecule has 3 unspecified atom stereocenters. The van der Waals surface area contributed by atoms with E-state index in [1.807, 2.05) is 66.7 Å². The Balaban J connectivity index is 1.62. The molecular formula is C25H21ClN2O. The molecule has 0 amide bonds. The van der Waals surface area contributed by atoms with Crippen molar-refractivity contribution in [2.24, 2.45) is 10.9 Å². The van der Waals surface area contributed by atoms with Gasteiger partial charge in [-0.1, -0.05) is 72.3 Å². The topological polar surface area (TPSA) is 41.5 Å². The molecule has 1 aliphatic carbocycles. The van der Waals surface area contributed by atoms with Crippen molar-refractivity contribution in [3.63, 3.8) is 0 Å². The van der Waals surface area contributed by atoms with E-state index in [-0.39, 0.29) is 23.7 Å². The van der Waals surface area contributed by atoms with Crippen molar-refractivity contribution >= 4 is 34.5 Å². The molecule has 1 heterocycles. The number of para-hydroxylation sites is 2. The van der Waals surface area contributed by atoms with Crippen molar-refractivity contribution < 1.29 is 4.79 Å². The Morgan fingerprint density at radius 2 is 1.59 bits per heavy atom. The van der Waals surface area contributed by atoms with Crippen LogP contribution in [-0.2, 0) is 4.79 Å². The highest BCUT2D eigenvalue weighted by Gasteiger charge is 2.42. The first-order valence-corrected chi connectivity index (χ1v) is 10.3. The largest absolute Gasteiger partial charge is 0.375 e. The third-order valence-corrected chi connectivity index (χ3v) is 6.28. The molecule has 1 aliphatic heterocycles. The summed E-state index contributed by atoms with van der Waals surface area (Å²) < 4.78 is 0. The zero-order chi connectivity index (χ0) is 19.8. The molecule has 0 spiro atoms. The monoisotopic (exact) mass is 400 g/mol. The van der Waals surface area contributed by atoms with E-state index in [1.54, 1.807) is 0 Å². The predicted molar refractivity (Wildman–Crippen MR) is 118 cm³/mol. The van der Waals surface area contributed by atoms with Crippen molar-refractivity contribution in [1.29, 1.82) is 0 Å². The highest BCUT2D eigenvalue weighted by molar-refractivity contribution is 6.31. The summed E-state index contributed by atoms with van der Waals surface area (Å²) >= 11 is 6.55. The second-order valence-electron chi connectivity index (χ2n) is 7.72. The van der Waals surface area contributed by atoms with Gasteiger partial charge in [-0.2, -0.15) is 0 Å². The van der Waals surface area contributed by atoms with Crippen LogP contribution in [0.5, 0.6) is 0 Å². The summed E-state index contributed by atoms with van der Waals surface area (Å²) in [5, 5.41) is 4.25. The smallest absolute Gasteiger partial charge is 0.144 e. The van der Waals surface area contributed by atoms with Gasteiger partial charge in [0.25, 0.3) is 0 Å². The van der Waals surface area contributed by atoms with Gasteiger partial charge in [0.15, 0.2) is 0 Å². The lowest BCUT2D eigenvalue weighted by Gasteiger charge is -2.34. The summed E-state index contributed by atoms with van der Waals surface area (Å²) in [4.78, 5) is 18.4. The van der Waals surface area contributed by atoms with E-state index in [0.717, 1.165) is 29.1 Å². The molecule has 29 heavy (non-hydrogen) atoms. The van der Waals surface area contributed by atoms with E-state index in [2.05, 4.69) is 17.4 Å². The van der Waals surface area contributed by atoms with Crippen molar-refractivity contribution in [2.45, 2.75) is 24.8 Å². The molecule has 3 atom stereocenters. The number of aliphatic imine (C=N–C) groups is 1. The van der Waals surface area contributed by atoms with Crippen molar-refractivity contribution in [3.05, 3.63) is 95.0 Å². The average Bonchev–Trinajstić information content (AvgIpc) is 2.91. The first-order chi connectivity index (χ1) is 14.2. The van der Waals surface area contributed by atoms with Crippen LogP contribution in [-0.4, -0.2) is 11.5 Å². The van der Waals surface area contributed by atoms with Crippen LogP contribution in [0.1, 0.15) is 35.9 Å². The number of benzene rings is 3. The Morgan fingerprint density at radius 3 is 2.41 bits per heavy atom. The number of carbonyl (C=O) groups is 1. The Kier molecular flexibility index (Phi) is 4.69. The lowest BCUT2D eigenvalue weighted by molar-refractivity contribution is -0.122. The summed E-state index contributed by atoms with van der Waals surface area (Å²) in [6, 6.07) is 25.8. The van der Waals surface area contributed by atoms with Gasteiger partial charge in [0.05, 0.1) is 23.3 Å². The summed E-state index contributed by atoms with van der Waals surface area (Å²) in [6.45, 7) is 0. The molecule has 0 aromatic heterocycles. The highest BCUT2D eigenvalue weighted by Crippen LogP contribution is 2.44. The molecule has 0 bridgehead atoms. The zero-order valence-corrected chi connectivity index (χ0v) is 16.6. The Hall–Kier alpha value is -2.91. The Labute approximate surface area is 175 Å². The first-order valence-electron chi connectivity index (χ1n) is 9.96. The summed E-state index contributed by atoms with van der Waals surface area (Å²) in [6.07, 6.45) is 1.30. The van der Waals surface area contributed by atoms with E-state index >= 15 is 0 Å². The van der Waals surface area contributed by atoms with Gasteiger partial charge in [0, 0.05) is 17.2 Å². The van der Waals surface area contributed by atoms with E-state index in [1.165, 1.54) is 5.56 Å². The van der Waals surface area contributed by atoms with Crippen molar-refractivity contribution in [1.82, 2.24) is 0 Å². The summed E-state index contributed by atoms with van der Waals surface area (Å²) in [7, 11) is 0. The van der Waals surface area contributed by atoms with Crippen molar-refractivity contribution in [2.75, 3.05) is 5.32 Å². The van der Waals surface area contributed by atoms with Crippen LogP contribution in [0.4, 0.5) is 11.4 Å². The minimum atomic E-state index is -0.317. The van der Waals surface area contributed by atoms with Crippen LogP contribution in [0.3, 0.4) is 0 Å². The number of halogens is 1. The fourth-order valence-corrected chi connectivity index (χ4v) is 4.80. The number of ketones is 1. The molecule has 1 N–H and O–H groups in total. The predicted octanol–water partition coefficient (Wildman–Crippen LogP) is 6.34. The fourth-order valence-electron chi connectivity index (χ4n) is 4.55. The quantitative estimate of drug-likeness (QED) is 0.545. The van der Waals surface area contributed by atoms with Gasteiger partial charge in [0.1, 0.15) is 5.78 Å². The van der Waals surface area contributed by atoms with Gasteiger partial charge < -0.3 is 5.32 Å². The SMILES string of the molecule is O=C1CC(c2ccccc2)CC2=Nc3ccccc3NC(c3ccccc3Cl)C12. The third kappa shape index (κ3) is 3.36. The maximum Gasteiger partial charge on any atom is 0.144 e. The number of hydrogen-bond acceptors (Lipinski definition) is 3. The number of fused-ring (bicyclic) bond motifs is 2. The normalized spacial score (nSPS) is 23.3. The number of anilines is 1. The fraction of sp³-hybridized carbons (Fsp3) is 0.200. The number of nitrogens with zero attached hydrogens (tertiary/aromatic N) is 1. The molecular weight excluding hydrogens is 380 g/mol. The minimum Gasteiger partial charge on any atom is -0.375 e. The molecule has 144 valence electrons. The van der Waals surface area contributed by atoms with Crippen LogP contribution in [0, 0.1) is 5.92 Å². The first kappa shape index (κ1) is 18.1. The summed E-state index contributed by atoms with van der Waals surface area (Å²) in [5.74, 6) is 0.0622. The van der Waals surface area contributed by atoms with Gasteiger partial charge in [-0.25, -0.2) is 0 Å². The van der Waals surface area contributed by atoms with Gasteiger partial charge in [-0.3, -0.25) is 9.79 Å². The second kappa shape index (κ2) is 7.49. The third-order valence-electron chi connectivity index (χ3n) is 5.93. The standard InChI is InChI=1S/C25H21ClN2O/c26-19-11-5-4-10-18(19)25-24-22(27-20-12-6-7-13-21(20)28-25)14-17(15-23(24)29)16-8-2-1-3-9-16/h1-13,17,24-25,28H,14-15H2. The van der Waals surface area contributed by atoms with Gasteiger partial charge in [-0.05, 0) is 41.7 Å². The molecule has 4 heteroatoms. The number of hydrogen-bond donors (Lipinski definition) is 1. The highest BCUT2D eigenvalue weighted by atomic mass is 35.5. The average molecular weight is 401 g/mol. The molecule has 0 radical (unpaired) electrons. The van der Waals surface area contributed by atoms with Crippen LogP contribution in [0.2, 0.25) is 5.02 Å². The van der Waals surface area contributed by atoms with Crippen LogP contribution in [0.25, 0.3) is 0 Å². The maximum atomic E-state index is 13.4. The molecule has 1 fully saturated rings. The van der Waals surface area contributed by atoms with Crippen LogP contribution < -0.4 is 5.32 Å². The zero-order valence-electron chi connectivity index (χ0n) is 15.9. The lowest BCUT2D eigenvalue weighted by Crippen LogP contribution is -2.38. The minimum absolute atomic E-state index is 0.163. The molecule has 0 saturated heterocycles. The van der Waals surface area contributed by atoms with E-state index in [9.17, 15) is 4.79 Å². The van der Waals surface area contributed by atoms with Crippen LogP contribution >= 0.6 is 11.6 Å². The maximum absolute atomic E-state index is 13.4. The lowest BCUT2D eigenvalue weighted by atomic mass is 9.72. The summed E-state index contributed by atoms with van der Waals surface area (Å²) in [5.41, 5.74) is 4.89. The van der Waals surface area contributed by atoms with Gasteiger partial charge in [-0.15, -0.1) is 0 Å². The molecule has 1 saturated carbocycles. The van der Waals surface area contributed by atoms with Crippen molar-refractivity contribution in [3.8, 4) is 0 Å². The molecule has 5 rings (SSSR count).